The van der Waals surface area contributed by atoms with Crippen molar-refractivity contribution in [3.05, 3.63) is 35.4 Å². The zero-order valence-corrected chi connectivity index (χ0v) is 11.4. The number of rotatable bonds is 5. The third kappa shape index (κ3) is 3.61. The molecule has 0 aliphatic carbocycles. The number of aromatic amines is 2. The largest absolute Gasteiger partial charge is 0.348 e. The summed E-state index contributed by atoms with van der Waals surface area (Å²) in [5.74, 6) is 0. The molecule has 0 aliphatic rings. The van der Waals surface area contributed by atoms with Gasteiger partial charge >= 0.3 is 0 Å². The van der Waals surface area contributed by atoms with Gasteiger partial charge in [-0.2, -0.15) is 0 Å². The van der Waals surface area contributed by atoms with Crippen LogP contribution in [-0.2, 0) is 0 Å². The highest BCUT2D eigenvalue weighted by Gasteiger charge is 2.00. The Hall–Kier alpha value is -2.24. The molecule has 2 aromatic heterocycles. The summed E-state index contributed by atoms with van der Waals surface area (Å²) >= 11 is 0. The van der Waals surface area contributed by atoms with Gasteiger partial charge in [0.2, 0.25) is 0 Å². The average Bonchev–Trinajstić information content (AvgIpc) is 2.97. The van der Waals surface area contributed by atoms with Gasteiger partial charge in [-0.1, -0.05) is 0 Å². The minimum Gasteiger partial charge on any atom is -0.348 e. The van der Waals surface area contributed by atoms with Crippen LogP contribution in [0.3, 0.4) is 0 Å². The Balaban J connectivity index is 1.87. The fourth-order valence-electron chi connectivity index (χ4n) is 1.54. The van der Waals surface area contributed by atoms with Gasteiger partial charge in [0.25, 0.3) is 0 Å². The summed E-state index contributed by atoms with van der Waals surface area (Å²) in [5.41, 5.74) is 3.79. The van der Waals surface area contributed by atoms with Gasteiger partial charge in [0.05, 0.1) is 25.2 Å². The molecule has 0 saturated carbocycles. The van der Waals surface area contributed by atoms with Crippen molar-refractivity contribution in [3.63, 3.8) is 0 Å². The summed E-state index contributed by atoms with van der Waals surface area (Å²) in [5, 5.41) is 0. The van der Waals surface area contributed by atoms with Gasteiger partial charge in [-0.3, -0.25) is 9.98 Å². The van der Waals surface area contributed by atoms with Crippen molar-refractivity contribution in [2.75, 3.05) is 6.54 Å². The van der Waals surface area contributed by atoms with Crippen LogP contribution in [0.25, 0.3) is 0 Å². The number of imidazole rings is 2. The molecule has 0 fully saturated rings. The summed E-state index contributed by atoms with van der Waals surface area (Å²) in [6.45, 7) is 6.59. The lowest BCUT2D eigenvalue weighted by molar-refractivity contribution is 0.761. The second-order valence-corrected chi connectivity index (χ2v) is 4.45. The fraction of sp³-hybridized carbons (Fsp3) is 0.385. The second-order valence-electron chi connectivity index (χ2n) is 4.45. The molecule has 0 aromatic carbocycles. The molecular formula is C13H18N6. The number of aryl methyl sites for hydroxylation is 2. The summed E-state index contributed by atoms with van der Waals surface area (Å²) < 4.78 is 0. The molecule has 0 aliphatic heterocycles. The zero-order valence-electron chi connectivity index (χ0n) is 11.4. The van der Waals surface area contributed by atoms with Gasteiger partial charge in [-0.25, -0.2) is 9.97 Å². The zero-order chi connectivity index (χ0) is 13.7. The first kappa shape index (κ1) is 13.2. The normalized spacial score (nSPS) is 13.6. The lowest BCUT2D eigenvalue weighted by Crippen LogP contribution is -2.04. The van der Waals surface area contributed by atoms with Gasteiger partial charge in [-0.05, 0) is 20.8 Å². The standard InChI is InChI=1S/C13H18N6/c1-9(15-6-13-11(3)17-8-19-13)4-14-5-12-10(2)16-7-18-12/h5-9H,4H2,1-3H3,(H,16,18)(H,17,19)/t9-/m0/s1. The topological polar surface area (TPSA) is 82.1 Å². The lowest BCUT2D eigenvalue weighted by Gasteiger charge is -2.00. The van der Waals surface area contributed by atoms with Crippen LogP contribution >= 0.6 is 0 Å². The van der Waals surface area contributed by atoms with E-state index in [2.05, 4.69) is 29.9 Å². The van der Waals surface area contributed by atoms with Crippen molar-refractivity contribution in [1.82, 2.24) is 19.9 Å². The summed E-state index contributed by atoms with van der Waals surface area (Å²) in [6.07, 6.45) is 6.89. The number of nitrogens with one attached hydrogen (secondary N) is 2. The molecule has 1 atom stereocenters. The van der Waals surface area contributed by atoms with Crippen molar-refractivity contribution in [2.45, 2.75) is 26.8 Å². The van der Waals surface area contributed by atoms with E-state index in [4.69, 9.17) is 0 Å². The van der Waals surface area contributed by atoms with Crippen molar-refractivity contribution >= 4 is 12.4 Å². The van der Waals surface area contributed by atoms with E-state index < -0.39 is 0 Å². The third-order valence-corrected chi connectivity index (χ3v) is 2.77. The first-order valence-electron chi connectivity index (χ1n) is 6.19. The van der Waals surface area contributed by atoms with E-state index in [1.807, 2.05) is 20.8 Å². The fourth-order valence-corrected chi connectivity index (χ4v) is 1.54. The highest BCUT2D eigenvalue weighted by molar-refractivity contribution is 5.79. The highest BCUT2D eigenvalue weighted by atomic mass is 14.9. The van der Waals surface area contributed by atoms with Crippen LogP contribution in [0.5, 0.6) is 0 Å². The monoisotopic (exact) mass is 258 g/mol. The van der Waals surface area contributed by atoms with Gasteiger partial charge in [0.1, 0.15) is 11.4 Å². The predicted molar refractivity (Wildman–Crippen MR) is 76.2 cm³/mol. The van der Waals surface area contributed by atoms with E-state index in [1.165, 1.54) is 0 Å². The van der Waals surface area contributed by atoms with Crippen molar-refractivity contribution in [1.29, 1.82) is 0 Å². The smallest absolute Gasteiger partial charge is 0.102 e. The molecule has 6 nitrogen and oxygen atoms in total. The summed E-state index contributed by atoms with van der Waals surface area (Å²) in [4.78, 5) is 23.1. The van der Waals surface area contributed by atoms with E-state index in [-0.39, 0.29) is 6.04 Å². The van der Waals surface area contributed by atoms with Crippen LogP contribution < -0.4 is 0 Å². The molecule has 0 bridgehead atoms. The molecule has 2 rings (SSSR count). The molecule has 2 aromatic rings. The molecular weight excluding hydrogens is 240 g/mol. The Morgan fingerprint density at radius 1 is 1.11 bits per heavy atom. The minimum atomic E-state index is 0.117. The van der Waals surface area contributed by atoms with Crippen molar-refractivity contribution in [2.24, 2.45) is 9.98 Å². The van der Waals surface area contributed by atoms with E-state index in [0.717, 1.165) is 22.8 Å². The number of hydrogen-bond acceptors (Lipinski definition) is 4. The lowest BCUT2D eigenvalue weighted by atomic mass is 10.3. The van der Waals surface area contributed by atoms with Crippen LogP contribution in [0.2, 0.25) is 0 Å². The van der Waals surface area contributed by atoms with Crippen LogP contribution in [0.15, 0.2) is 22.6 Å². The molecule has 19 heavy (non-hydrogen) atoms. The number of hydrogen-bond donors (Lipinski definition) is 2. The molecule has 2 N–H and O–H groups in total. The Morgan fingerprint density at radius 2 is 1.68 bits per heavy atom. The second kappa shape index (κ2) is 6.08. The third-order valence-electron chi connectivity index (χ3n) is 2.77. The molecule has 0 spiro atoms. The highest BCUT2D eigenvalue weighted by Crippen LogP contribution is 1.99. The maximum Gasteiger partial charge on any atom is 0.102 e. The van der Waals surface area contributed by atoms with Crippen LogP contribution in [0, 0.1) is 13.8 Å². The van der Waals surface area contributed by atoms with Crippen LogP contribution in [-0.4, -0.2) is 45.0 Å². The molecule has 0 amide bonds. The minimum absolute atomic E-state index is 0.117. The first-order valence-corrected chi connectivity index (χ1v) is 6.19. The van der Waals surface area contributed by atoms with Gasteiger partial charge in [0, 0.05) is 23.8 Å². The predicted octanol–water partition coefficient (Wildman–Crippen LogP) is 1.68. The molecule has 100 valence electrons. The molecule has 0 radical (unpaired) electrons. The molecule has 0 saturated heterocycles. The van der Waals surface area contributed by atoms with Gasteiger partial charge < -0.3 is 9.97 Å². The average molecular weight is 258 g/mol. The maximum absolute atomic E-state index is 4.42. The van der Waals surface area contributed by atoms with Gasteiger partial charge in [0.15, 0.2) is 0 Å². The number of aliphatic imine (C=N–C) groups is 2. The number of nitrogens with zero attached hydrogens (tertiary/aromatic N) is 4. The SMILES string of the molecule is Cc1[nH]cnc1C=NC[C@H](C)N=Cc1nc[nH]c1C. The maximum atomic E-state index is 4.42. The summed E-state index contributed by atoms with van der Waals surface area (Å²) in [7, 11) is 0. The Bertz CT molecular complexity index is 577. The van der Waals surface area contributed by atoms with Crippen molar-refractivity contribution in [3.8, 4) is 0 Å². The molecule has 2 heterocycles. The van der Waals surface area contributed by atoms with E-state index >= 15 is 0 Å². The Morgan fingerprint density at radius 3 is 2.21 bits per heavy atom. The van der Waals surface area contributed by atoms with Crippen LogP contribution in [0.4, 0.5) is 0 Å². The molecule has 6 heteroatoms. The van der Waals surface area contributed by atoms with E-state index in [1.54, 1.807) is 25.1 Å². The quantitative estimate of drug-likeness (QED) is 0.800. The van der Waals surface area contributed by atoms with Gasteiger partial charge in [-0.15, -0.1) is 0 Å². The van der Waals surface area contributed by atoms with E-state index in [0.29, 0.717) is 6.54 Å². The Labute approximate surface area is 112 Å². The number of aromatic nitrogens is 4. The van der Waals surface area contributed by atoms with Crippen molar-refractivity contribution < 1.29 is 0 Å². The number of H-pyrrole nitrogens is 2. The van der Waals surface area contributed by atoms with Crippen LogP contribution in [0.1, 0.15) is 29.7 Å². The summed E-state index contributed by atoms with van der Waals surface area (Å²) in [6, 6.07) is 0.117. The Kier molecular flexibility index (Phi) is 4.22. The van der Waals surface area contributed by atoms with E-state index in [9.17, 15) is 0 Å². The first-order chi connectivity index (χ1) is 9.16. The molecule has 0 unspecified atom stereocenters.